The quantitative estimate of drug-likeness (QED) is 0.675. The Balaban J connectivity index is 3.43. The zero-order valence-electron chi connectivity index (χ0n) is 5.47. The molecule has 0 saturated heterocycles. The Labute approximate surface area is 66.6 Å². The van der Waals surface area contributed by atoms with E-state index in [-0.39, 0.29) is 5.56 Å². The first-order valence-corrected chi connectivity index (χ1v) is 3.52. The van der Waals surface area contributed by atoms with Crippen LogP contribution in [0.3, 0.4) is 0 Å². The number of nitrogens with two attached hydrogens (primary N) is 1. The molecule has 0 spiro atoms. The standard InChI is InChI=1S/C6H7BrN2O/c1-9-3-5(8)4(7)2-6(9)10/h2-3H,8H2,1H3. The van der Waals surface area contributed by atoms with Crippen molar-refractivity contribution in [1.29, 1.82) is 0 Å². The molecule has 3 nitrogen and oxygen atoms in total. The van der Waals surface area contributed by atoms with Crippen molar-refractivity contribution in [2.24, 2.45) is 7.05 Å². The van der Waals surface area contributed by atoms with Crippen LogP contribution in [0.5, 0.6) is 0 Å². The molecule has 0 amide bonds. The van der Waals surface area contributed by atoms with Gasteiger partial charge in [-0.2, -0.15) is 0 Å². The minimum Gasteiger partial charge on any atom is -0.397 e. The monoisotopic (exact) mass is 202 g/mol. The van der Waals surface area contributed by atoms with Gasteiger partial charge in [-0.1, -0.05) is 0 Å². The zero-order valence-corrected chi connectivity index (χ0v) is 7.05. The molecular weight excluding hydrogens is 196 g/mol. The summed E-state index contributed by atoms with van der Waals surface area (Å²) < 4.78 is 2.08. The predicted octanol–water partition coefficient (Wildman–Crippen LogP) is 0.730. The van der Waals surface area contributed by atoms with E-state index in [0.717, 1.165) is 0 Å². The highest BCUT2D eigenvalue weighted by atomic mass is 79.9. The molecule has 0 bridgehead atoms. The van der Waals surface area contributed by atoms with Crippen LogP contribution in [0.4, 0.5) is 5.69 Å². The Kier molecular flexibility index (Phi) is 1.80. The highest BCUT2D eigenvalue weighted by molar-refractivity contribution is 9.10. The van der Waals surface area contributed by atoms with Crippen LogP contribution < -0.4 is 11.3 Å². The molecule has 0 radical (unpaired) electrons. The molecule has 54 valence electrons. The third-order valence-electron chi connectivity index (χ3n) is 1.21. The molecule has 2 N–H and O–H groups in total. The number of aryl methyl sites for hydroxylation is 1. The lowest BCUT2D eigenvalue weighted by Crippen LogP contribution is -2.15. The lowest BCUT2D eigenvalue weighted by molar-refractivity contribution is 0.861. The third-order valence-corrected chi connectivity index (χ3v) is 1.89. The van der Waals surface area contributed by atoms with E-state index >= 15 is 0 Å². The molecule has 0 aliphatic carbocycles. The van der Waals surface area contributed by atoms with Crippen molar-refractivity contribution < 1.29 is 0 Å². The number of hydrogen-bond donors (Lipinski definition) is 1. The van der Waals surface area contributed by atoms with Gasteiger partial charge in [0.1, 0.15) is 0 Å². The Morgan fingerprint density at radius 3 is 2.80 bits per heavy atom. The number of aromatic nitrogens is 1. The fourth-order valence-electron chi connectivity index (χ4n) is 0.627. The van der Waals surface area contributed by atoms with Crippen molar-refractivity contribution in [1.82, 2.24) is 4.57 Å². The number of halogens is 1. The number of rotatable bonds is 0. The number of hydrogen-bond acceptors (Lipinski definition) is 2. The van der Waals surface area contributed by atoms with E-state index in [1.165, 1.54) is 10.6 Å². The Morgan fingerprint density at radius 1 is 1.70 bits per heavy atom. The summed E-state index contributed by atoms with van der Waals surface area (Å²) in [7, 11) is 1.66. The highest BCUT2D eigenvalue weighted by Crippen LogP contribution is 2.14. The number of anilines is 1. The molecule has 1 heterocycles. The first-order valence-electron chi connectivity index (χ1n) is 2.73. The van der Waals surface area contributed by atoms with Crippen LogP contribution in [0.25, 0.3) is 0 Å². The summed E-state index contributed by atoms with van der Waals surface area (Å²) >= 11 is 3.14. The summed E-state index contributed by atoms with van der Waals surface area (Å²) in [6, 6.07) is 1.44. The molecule has 4 heteroatoms. The van der Waals surface area contributed by atoms with E-state index in [4.69, 9.17) is 5.73 Å². The molecule has 0 aliphatic heterocycles. The first kappa shape index (κ1) is 7.34. The number of pyridine rings is 1. The second kappa shape index (κ2) is 2.46. The van der Waals surface area contributed by atoms with Crippen LogP contribution in [0.1, 0.15) is 0 Å². The second-order valence-corrected chi connectivity index (χ2v) is 2.88. The molecule has 0 saturated carbocycles. The van der Waals surface area contributed by atoms with Gasteiger partial charge < -0.3 is 10.3 Å². The van der Waals surface area contributed by atoms with Gasteiger partial charge in [0, 0.05) is 23.8 Å². The largest absolute Gasteiger partial charge is 0.397 e. The number of nitrogens with zero attached hydrogens (tertiary/aromatic N) is 1. The molecule has 1 aromatic heterocycles. The summed E-state index contributed by atoms with van der Waals surface area (Å²) in [5.41, 5.74) is 5.99. The summed E-state index contributed by atoms with van der Waals surface area (Å²) in [6.07, 6.45) is 1.58. The SMILES string of the molecule is Cn1cc(N)c(Br)cc1=O. The van der Waals surface area contributed by atoms with Crippen molar-refractivity contribution in [2.75, 3.05) is 5.73 Å². The van der Waals surface area contributed by atoms with Gasteiger partial charge in [0.15, 0.2) is 0 Å². The van der Waals surface area contributed by atoms with Gasteiger partial charge in [0.25, 0.3) is 5.56 Å². The van der Waals surface area contributed by atoms with Crippen LogP contribution in [-0.2, 0) is 7.05 Å². The fraction of sp³-hybridized carbons (Fsp3) is 0.167. The van der Waals surface area contributed by atoms with E-state index in [1.54, 1.807) is 13.2 Å². The van der Waals surface area contributed by atoms with Gasteiger partial charge in [-0.3, -0.25) is 4.79 Å². The van der Waals surface area contributed by atoms with E-state index in [9.17, 15) is 4.79 Å². The molecule has 1 aromatic rings. The minimum atomic E-state index is -0.0684. The van der Waals surface area contributed by atoms with Crippen molar-refractivity contribution >= 4 is 21.6 Å². The van der Waals surface area contributed by atoms with Gasteiger partial charge in [0.2, 0.25) is 0 Å². The average Bonchev–Trinajstić information content (AvgIpc) is 1.84. The maximum Gasteiger partial charge on any atom is 0.251 e. The van der Waals surface area contributed by atoms with E-state index in [2.05, 4.69) is 15.9 Å². The summed E-state index contributed by atoms with van der Waals surface area (Å²) in [6.45, 7) is 0. The average molecular weight is 203 g/mol. The van der Waals surface area contributed by atoms with E-state index in [1.807, 2.05) is 0 Å². The topological polar surface area (TPSA) is 48.0 Å². The molecular formula is C6H7BrN2O. The van der Waals surface area contributed by atoms with Crippen LogP contribution >= 0.6 is 15.9 Å². The van der Waals surface area contributed by atoms with Crippen LogP contribution in [0, 0.1) is 0 Å². The van der Waals surface area contributed by atoms with Crippen LogP contribution in [0.15, 0.2) is 21.5 Å². The summed E-state index contributed by atoms with van der Waals surface area (Å²) in [5.74, 6) is 0. The highest BCUT2D eigenvalue weighted by Gasteiger charge is 1.96. The van der Waals surface area contributed by atoms with Gasteiger partial charge in [-0.05, 0) is 15.9 Å². The molecule has 0 fully saturated rings. The van der Waals surface area contributed by atoms with E-state index < -0.39 is 0 Å². The van der Waals surface area contributed by atoms with Gasteiger partial charge in [-0.15, -0.1) is 0 Å². The first-order chi connectivity index (χ1) is 4.61. The maximum atomic E-state index is 10.9. The minimum absolute atomic E-state index is 0.0684. The summed E-state index contributed by atoms with van der Waals surface area (Å²) in [4.78, 5) is 10.9. The summed E-state index contributed by atoms with van der Waals surface area (Å²) in [5, 5.41) is 0. The number of nitrogen functional groups attached to an aromatic ring is 1. The molecule has 0 aliphatic rings. The normalized spacial score (nSPS) is 9.80. The zero-order chi connectivity index (χ0) is 7.72. The fourth-order valence-corrected chi connectivity index (χ4v) is 0.926. The molecule has 10 heavy (non-hydrogen) atoms. The van der Waals surface area contributed by atoms with Gasteiger partial charge in [-0.25, -0.2) is 0 Å². The Hall–Kier alpha value is -0.770. The lowest BCUT2D eigenvalue weighted by atomic mass is 10.4. The Bertz CT molecular complexity index is 305. The van der Waals surface area contributed by atoms with Gasteiger partial charge >= 0.3 is 0 Å². The molecule has 0 atom stereocenters. The predicted molar refractivity (Wildman–Crippen MR) is 43.8 cm³/mol. The van der Waals surface area contributed by atoms with Crippen molar-refractivity contribution in [3.8, 4) is 0 Å². The molecule has 1 rings (SSSR count). The maximum absolute atomic E-state index is 10.9. The lowest BCUT2D eigenvalue weighted by Gasteiger charge is -1.99. The smallest absolute Gasteiger partial charge is 0.251 e. The van der Waals surface area contributed by atoms with Crippen LogP contribution in [-0.4, -0.2) is 4.57 Å². The van der Waals surface area contributed by atoms with Crippen LogP contribution in [0.2, 0.25) is 0 Å². The molecule has 0 aromatic carbocycles. The second-order valence-electron chi connectivity index (χ2n) is 2.03. The Morgan fingerprint density at radius 2 is 2.30 bits per heavy atom. The third kappa shape index (κ3) is 1.21. The van der Waals surface area contributed by atoms with Gasteiger partial charge in [0.05, 0.1) is 5.69 Å². The van der Waals surface area contributed by atoms with E-state index in [0.29, 0.717) is 10.2 Å². The van der Waals surface area contributed by atoms with Crippen molar-refractivity contribution in [3.05, 3.63) is 27.1 Å². The van der Waals surface area contributed by atoms with Crippen molar-refractivity contribution in [3.63, 3.8) is 0 Å². The van der Waals surface area contributed by atoms with Crippen molar-refractivity contribution in [2.45, 2.75) is 0 Å². The molecule has 0 unspecified atom stereocenters.